The second kappa shape index (κ2) is 6.69. The van der Waals surface area contributed by atoms with E-state index in [4.69, 9.17) is 0 Å². The fourth-order valence-electron chi connectivity index (χ4n) is 2.11. The molecule has 1 aromatic heterocycles. The summed E-state index contributed by atoms with van der Waals surface area (Å²) in [5.41, 5.74) is 2.64. The lowest BCUT2D eigenvalue weighted by atomic mass is 10.0. The summed E-state index contributed by atoms with van der Waals surface area (Å²) in [6.07, 6.45) is 1.14. The molecule has 2 aromatic rings. The molecule has 0 amide bonds. The zero-order chi connectivity index (χ0) is 13.8. The predicted octanol–water partition coefficient (Wildman–Crippen LogP) is 5.22. The van der Waals surface area contributed by atoms with Crippen molar-refractivity contribution in [3.63, 3.8) is 0 Å². The first kappa shape index (κ1) is 14.8. The van der Waals surface area contributed by atoms with Crippen molar-refractivity contribution >= 4 is 27.3 Å². The molecule has 1 N–H and O–H groups in total. The highest BCUT2D eigenvalue weighted by atomic mass is 79.9. The molecule has 0 aliphatic heterocycles. The van der Waals surface area contributed by atoms with Crippen molar-refractivity contribution in [3.8, 4) is 0 Å². The lowest BCUT2D eigenvalue weighted by Gasteiger charge is -2.18. The van der Waals surface area contributed by atoms with E-state index in [1.165, 1.54) is 25.4 Å². The largest absolute Gasteiger partial charge is 0.306 e. The minimum Gasteiger partial charge on any atom is -0.306 e. The zero-order valence-corrected chi connectivity index (χ0v) is 14.1. The van der Waals surface area contributed by atoms with Crippen molar-refractivity contribution in [1.29, 1.82) is 0 Å². The normalized spacial score (nSPS) is 12.6. The van der Waals surface area contributed by atoms with Crippen LogP contribution >= 0.6 is 27.3 Å². The monoisotopic (exact) mass is 337 g/mol. The van der Waals surface area contributed by atoms with E-state index in [2.05, 4.69) is 72.3 Å². The van der Waals surface area contributed by atoms with Crippen molar-refractivity contribution in [1.82, 2.24) is 5.32 Å². The first-order valence-corrected chi connectivity index (χ1v) is 8.28. The molecule has 0 fully saturated rings. The third-order valence-corrected chi connectivity index (χ3v) is 5.14. The van der Waals surface area contributed by atoms with Gasteiger partial charge in [0.15, 0.2) is 0 Å². The maximum atomic E-state index is 3.69. The highest BCUT2D eigenvalue weighted by Gasteiger charge is 2.18. The number of rotatable bonds is 5. The highest BCUT2D eigenvalue weighted by Crippen LogP contribution is 2.35. The van der Waals surface area contributed by atoms with Crippen LogP contribution in [0.15, 0.2) is 34.8 Å². The fourth-order valence-corrected chi connectivity index (χ4v) is 4.09. The van der Waals surface area contributed by atoms with Crippen LogP contribution in [0.3, 0.4) is 0 Å². The Morgan fingerprint density at radius 1 is 1.21 bits per heavy atom. The Morgan fingerprint density at radius 3 is 2.42 bits per heavy atom. The van der Waals surface area contributed by atoms with Crippen LogP contribution in [0.5, 0.6) is 0 Å². The van der Waals surface area contributed by atoms with Gasteiger partial charge in [-0.25, -0.2) is 0 Å². The van der Waals surface area contributed by atoms with Crippen LogP contribution in [0.2, 0.25) is 0 Å². The maximum absolute atomic E-state index is 3.69. The minimum absolute atomic E-state index is 0.286. The molecule has 0 radical (unpaired) electrons. The average Bonchev–Trinajstić information content (AvgIpc) is 2.71. The molecule has 0 spiro atoms. The van der Waals surface area contributed by atoms with Gasteiger partial charge in [-0.15, -0.1) is 11.3 Å². The summed E-state index contributed by atoms with van der Waals surface area (Å²) in [7, 11) is 0. The molecule has 102 valence electrons. The van der Waals surface area contributed by atoms with Gasteiger partial charge in [-0.3, -0.25) is 0 Å². The Kier molecular flexibility index (Phi) is 5.20. The number of halogens is 1. The fraction of sp³-hybridized carbons (Fsp3) is 0.375. The zero-order valence-electron chi connectivity index (χ0n) is 11.7. The molecule has 2 rings (SSSR count). The van der Waals surface area contributed by atoms with Crippen LogP contribution in [0.1, 0.15) is 40.3 Å². The summed E-state index contributed by atoms with van der Waals surface area (Å²) >= 11 is 5.55. The minimum atomic E-state index is 0.286. The summed E-state index contributed by atoms with van der Waals surface area (Å²) in [5, 5.41) is 3.66. The van der Waals surface area contributed by atoms with E-state index in [9.17, 15) is 0 Å². The number of benzene rings is 1. The van der Waals surface area contributed by atoms with Crippen molar-refractivity contribution < 1.29 is 0 Å². The van der Waals surface area contributed by atoms with Gasteiger partial charge >= 0.3 is 0 Å². The number of hydrogen-bond acceptors (Lipinski definition) is 2. The first-order valence-electron chi connectivity index (χ1n) is 6.67. The molecule has 19 heavy (non-hydrogen) atoms. The quantitative estimate of drug-likeness (QED) is 0.788. The van der Waals surface area contributed by atoms with Crippen LogP contribution < -0.4 is 5.32 Å². The van der Waals surface area contributed by atoms with E-state index >= 15 is 0 Å². The molecule has 0 aliphatic carbocycles. The molecule has 0 saturated carbocycles. The Labute approximate surface area is 128 Å². The van der Waals surface area contributed by atoms with E-state index in [1.807, 2.05) is 11.3 Å². The SMILES string of the molecule is CCCNC(c1ccc(C)cc1)c1sc(C)cc1Br. The lowest BCUT2D eigenvalue weighted by molar-refractivity contribution is 0.604. The Morgan fingerprint density at radius 2 is 1.89 bits per heavy atom. The molecule has 0 bridgehead atoms. The topological polar surface area (TPSA) is 12.0 Å². The van der Waals surface area contributed by atoms with Gasteiger partial charge in [0.25, 0.3) is 0 Å². The third-order valence-electron chi connectivity index (χ3n) is 3.11. The van der Waals surface area contributed by atoms with Crippen molar-refractivity contribution in [2.45, 2.75) is 33.2 Å². The smallest absolute Gasteiger partial charge is 0.0682 e. The van der Waals surface area contributed by atoms with Crippen LogP contribution in [0.4, 0.5) is 0 Å². The van der Waals surface area contributed by atoms with Gasteiger partial charge in [0.2, 0.25) is 0 Å². The van der Waals surface area contributed by atoms with Gasteiger partial charge in [0.05, 0.1) is 6.04 Å². The Bertz CT molecular complexity index is 530. The number of hydrogen-bond donors (Lipinski definition) is 1. The summed E-state index contributed by atoms with van der Waals surface area (Å²) in [6, 6.07) is 11.3. The molecule has 0 aliphatic rings. The molecular weight excluding hydrogens is 318 g/mol. The van der Waals surface area contributed by atoms with E-state index in [0.717, 1.165) is 13.0 Å². The van der Waals surface area contributed by atoms with Crippen molar-refractivity contribution in [2.75, 3.05) is 6.54 Å². The van der Waals surface area contributed by atoms with Gasteiger partial charge in [0, 0.05) is 14.2 Å². The Balaban J connectivity index is 2.35. The van der Waals surface area contributed by atoms with Crippen molar-refractivity contribution in [3.05, 3.63) is 55.7 Å². The van der Waals surface area contributed by atoms with Crippen LogP contribution in [-0.2, 0) is 0 Å². The van der Waals surface area contributed by atoms with E-state index < -0.39 is 0 Å². The van der Waals surface area contributed by atoms with Crippen molar-refractivity contribution in [2.24, 2.45) is 0 Å². The summed E-state index contributed by atoms with van der Waals surface area (Å²) < 4.78 is 1.21. The van der Waals surface area contributed by atoms with Crippen LogP contribution in [0, 0.1) is 13.8 Å². The first-order chi connectivity index (χ1) is 9.11. The number of thiophene rings is 1. The van der Waals surface area contributed by atoms with E-state index in [1.54, 1.807) is 0 Å². The predicted molar refractivity (Wildman–Crippen MR) is 88.1 cm³/mol. The van der Waals surface area contributed by atoms with Gasteiger partial charge in [-0.2, -0.15) is 0 Å². The van der Waals surface area contributed by atoms with Crippen LogP contribution in [0.25, 0.3) is 0 Å². The Hall–Kier alpha value is -0.640. The number of nitrogens with one attached hydrogen (secondary N) is 1. The van der Waals surface area contributed by atoms with Gasteiger partial charge in [-0.1, -0.05) is 36.8 Å². The molecule has 1 aromatic carbocycles. The summed E-state index contributed by atoms with van der Waals surface area (Å²) in [4.78, 5) is 2.71. The lowest BCUT2D eigenvalue weighted by Crippen LogP contribution is -2.22. The number of aryl methyl sites for hydroxylation is 2. The summed E-state index contributed by atoms with van der Waals surface area (Å²) in [5.74, 6) is 0. The van der Waals surface area contributed by atoms with Crippen LogP contribution in [-0.4, -0.2) is 6.54 Å². The summed E-state index contributed by atoms with van der Waals surface area (Å²) in [6.45, 7) is 7.52. The highest BCUT2D eigenvalue weighted by molar-refractivity contribution is 9.10. The van der Waals surface area contributed by atoms with Gasteiger partial charge < -0.3 is 5.32 Å². The third kappa shape index (κ3) is 3.68. The molecular formula is C16H20BrNS. The second-order valence-electron chi connectivity index (χ2n) is 4.87. The maximum Gasteiger partial charge on any atom is 0.0682 e. The molecule has 0 saturated heterocycles. The molecule has 1 nitrogen and oxygen atoms in total. The van der Waals surface area contributed by atoms with E-state index in [0.29, 0.717) is 0 Å². The van der Waals surface area contributed by atoms with Gasteiger partial charge in [0.1, 0.15) is 0 Å². The standard InChI is InChI=1S/C16H20BrNS/c1-4-9-18-15(13-7-5-11(2)6-8-13)16-14(17)10-12(3)19-16/h5-8,10,15,18H,4,9H2,1-3H3. The average molecular weight is 338 g/mol. The molecule has 1 heterocycles. The molecule has 1 atom stereocenters. The van der Waals surface area contributed by atoms with Gasteiger partial charge in [-0.05, 0) is 54.4 Å². The second-order valence-corrected chi connectivity index (χ2v) is 7.01. The molecule has 3 heteroatoms. The molecule has 1 unspecified atom stereocenters. The van der Waals surface area contributed by atoms with E-state index in [-0.39, 0.29) is 6.04 Å².